The molecule has 1 aromatic carbocycles. The third-order valence-electron chi connectivity index (χ3n) is 3.02. The molecule has 2 N–H and O–H groups in total. The lowest BCUT2D eigenvalue weighted by Gasteiger charge is -2.12. The molecule has 23 heavy (non-hydrogen) atoms. The second kappa shape index (κ2) is 11.8. The molecule has 0 atom stereocenters. The third-order valence-corrected chi connectivity index (χ3v) is 3.02. The molecule has 0 heterocycles. The van der Waals surface area contributed by atoms with Crippen LogP contribution >= 0.6 is 0 Å². The Hall–Kier alpha value is -1.75. The van der Waals surface area contributed by atoms with Gasteiger partial charge in [-0.1, -0.05) is 12.1 Å². The molecule has 0 aliphatic rings. The maximum atomic E-state index is 5.65. The number of aliphatic imine (C=N–C) groups is 1. The topological polar surface area (TPSA) is 54.9 Å². The van der Waals surface area contributed by atoms with Gasteiger partial charge in [0.15, 0.2) is 5.96 Å². The van der Waals surface area contributed by atoms with Gasteiger partial charge in [0.25, 0.3) is 0 Å². The highest BCUT2D eigenvalue weighted by Crippen LogP contribution is 2.14. The van der Waals surface area contributed by atoms with Crippen LogP contribution in [0.1, 0.15) is 39.7 Å². The Bertz CT molecular complexity index is 444. The number of guanidine groups is 1. The minimum Gasteiger partial charge on any atom is -0.491 e. The van der Waals surface area contributed by atoms with Crippen molar-refractivity contribution in [1.82, 2.24) is 10.6 Å². The van der Waals surface area contributed by atoms with E-state index in [1.165, 1.54) is 0 Å². The second-order valence-electron chi connectivity index (χ2n) is 5.48. The van der Waals surface area contributed by atoms with Crippen LogP contribution in [0.25, 0.3) is 0 Å². The summed E-state index contributed by atoms with van der Waals surface area (Å²) in [5.41, 5.74) is 1.16. The molecular formula is C18H31N3O2. The molecule has 0 amide bonds. The minimum absolute atomic E-state index is 0.195. The van der Waals surface area contributed by atoms with E-state index in [0.717, 1.165) is 50.0 Å². The minimum atomic E-state index is 0.195. The van der Waals surface area contributed by atoms with Gasteiger partial charge in [0, 0.05) is 26.3 Å². The average molecular weight is 321 g/mol. The van der Waals surface area contributed by atoms with Crippen molar-refractivity contribution in [2.24, 2.45) is 4.99 Å². The normalized spacial score (nSPS) is 11.6. The van der Waals surface area contributed by atoms with Gasteiger partial charge in [0.05, 0.1) is 12.6 Å². The van der Waals surface area contributed by atoms with Gasteiger partial charge in [-0.3, -0.25) is 0 Å². The molecule has 0 bridgehead atoms. The van der Waals surface area contributed by atoms with E-state index >= 15 is 0 Å². The van der Waals surface area contributed by atoms with Crippen LogP contribution in [0.5, 0.6) is 5.75 Å². The van der Waals surface area contributed by atoms with Crippen LogP contribution in [0.15, 0.2) is 29.3 Å². The fraction of sp³-hybridized carbons (Fsp3) is 0.611. The van der Waals surface area contributed by atoms with Crippen molar-refractivity contribution in [2.45, 2.75) is 46.8 Å². The average Bonchev–Trinajstić information content (AvgIpc) is 2.53. The summed E-state index contributed by atoms with van der Waals surface area (Å²) in [6.45, 7) is 12.0. The van der Waals surface area contributed by atoms with E-state index in [-0.39, 0.29) is 6.10 Å². The van der Waals surface area contributed by atoms with E-state index in [0.29, 0.717) is 6.54 Å². The van der Waals surface area contributed by atoms with Crippen molar-refractivity contribution in [3.8, 4) is 5.75 Å². The van der Waals surface area contributed by atoms with E-state index in [1.807, 2.05) is 32.9 Å². The summed E-state index contributed by atoms with van der Waals surface area (Å²) >= 11 is 0. The van der Waals surface area contributed by atoms with Crippen molar-refractivity contribution in [3.63, 3.8) is 0 Å². The molecule has 0 saturated carbocycles. The van der Waals surface area contributed by atoms with Crippen molar-refractivity contribution in [1.29, 1.82) is 0 Å². The maximum absolute atomic E-state index is 5.65. The van der Waals surface area contributed by atoms with Crippen molar-refractivity contribution < 1.29 is 9.47 Å². The van der Waals surface area contributed by atoms with E-state index in [1.54, 1.807) is 0 Å². The lowest BCUT2D eigenvalue weighted by molar-refractivity contribution is 0.145. The van der Waals surface area contributed by atoms with Crippen LogP contribution < -0.4 is 15.4 Å². The Morgan fingerprint density at radius 2 is 1.87 bits per heavy atom. The first-order chi connectivity index (χ1) is 11.2. The molecule has 0 unspecified atom stereocenters. The summed E-state index contributed by atoms with van der Waals surface area (Å²) in [5.74, 6) is 1.74. The van der Waals surface area contributed by atoms with Crippen LogP contribution in [-0.2, 0) is 11.3 Å². The molecule has 0 aliphatic carbocycles. The summed E-state index contributed by atoms with van der Waals surface area (Å²) in [5, 5.41) is 6.58. The smallest absolute Gasteiger partial charge is 0.191 e. The van der Waals surface area contributed by atoms with Crippen LogP contribution in [-0.4, -0.2) is 38.4 Å². The lowest BCUT2D eigenvalue weighted by Crippen LogP contribution is -2.38. The Balaban J connectivity index is 2.45. The van der Waals surface area contributed by atoms with E-state index in [9.17, 15) is 0 Å². The molecule has 1 rings (SSSR count). The highest BCUT2D eigenvalue weighted by atomic mass is 16.5. The molecule has 1 aromatic rings. The molecule has 5 heteroatoms. The quantitative estimate of drug-likeness (QED) is 0.395. The van der Waals surface area contributed by atoms with Gasteiger partial charge in [-0.2, -0.15) is 0 Å². The van der Waals surface area contributed by atoms with Crippen molar-refractivity contribution in [2.75, 3.05) is 26.3 Å². The number of hydrogen-bond donors (Lipinski definition) is 2. The summed E-state index contributed by atoms with van der Waals surface area (Å²) in [6.07, 6.45) is 1.17. The molecule has 0 aromatic heterocycles. The van der Waals surface area contributed by atoms with Crippen molar-refractivity contribution >= 4 is 5.96 Å². The van der Waals surface area contributed by atoms with Gasteiger partial charge in [-0.25, -0.2) is 4.99 Å². The Kier molecular flexibility index (Phi) is 9.87. The fourth-order valence-electron chi connectivity index (χ4n) is 1.98. The summed E-state index contributed by atoms with van der Waals surface area (Å²) in [6, 6.07) is 8.10. The first-order valence-electron chi connectivity index (χ1n) is 8.51. The third kappa shape index (κ3) is 9.08. The number of ether oxygens (including phenoxy) is 2. The van der Waals surface area contributed by atoms with Crippen molar-refractivity contribution in [3.05, 3.63) is 29.8 Å². The van der Waals surface area contributed by atoms with Gasteiger partial charge in [-0.05, 0) is 51.8 Å². The first-order valence-corrected chi connectivity index (χ1v) is 8.51. The monoisotopic (exact) mass is 321 g/mol. The molecule has 0 saturated heterocycles. The molecule has 0 radical (unpaired) electrons. The van der Waals surface area contributed by atoms with E-state index in [4.69, 9.17) is 9.47 Å². The SMILES string of the molecule is CCNC(=NCc1ccc(OC(C)C)cc1)NCCCOCC. The summed E-state index contributed by atoms with van der Waals surface area (Å²) < 4.78 is 11.0. The predicted molar refractivity (Wildman–Crippen MR) is 96.1 cm³/mol. The van der Waals surface area contributed by atoms with Crippen LogP contribution in [0.3, 0.4) is 0 Å². The number of hydrogen-bond acceptors (Lipinski definition) is 3. The molecule has 130 valence electrons. The highest BCUT2D eigenvalue weighted by molar-refractivity contribution is 5.79. The molecule has 0 fully saturated rings. The van der Waals surface area contributed by atoms with Gasteiger partial charge >= 0.3 is 0 Å². The van der Waals surface area contributed by atoms with Crippen LogP contribution in [0, 0.1) is 0 Å². The summed E-state index contributed by atoms with van der Waals surface area (Å²) in [7, 11) is 0. The fourth-order valence-corrected chi connectivity index (χ4v) is 1.98. The lowest BCUT2D eigenvalue weighted by atomic mass is 10.2. The zero-order valence-electron chi connectivity index (χ0n) is 14.9. The van der Waals surface area contributed by atoms with Gasteiger partial charge in [0.2, 0.25) is 0 Å². The Labute approximate surface area is 140 Å². The number of nitrogens with one attached hydrogen (secondary N) is 2. The number of nitrogens with zero attached hydrogens (tertiary/aromatic N) is 1. The molecule has 0 aliphatic heterocycles. The predicted octanol–water partition coefficient (Wildman–Crippen LogP) is 2.96. The Morgan fingerprint density at radius 1 is 1.13 bits per heavy atom. The Morgan fingerprint density at radius 3 is 2.48 bits per heavy atom. The molecule has 5 nitrogen and oxygen atoms in total. The van der Waals surface area contributed by atoms with E-state index < -0.39 is 0 Å². The van der Waals surface area contributed by atoms with Gasteiger partial charge in [-0.15, -0.1) is 0 Å². The summed E-state index contributed by atoms with van der Waals surface area (Å²) in [4.78, 5) is 4.60. The highest BCUT2D eigenvalue weighted by Gasteiger charge is 2.00. The van der Waals surface area contributed by atoms with Gasteiger partial charge in [0.1, 0.15) is 5.75 Å². The zero-order valence-corrected chi connectivity index (χ0v) is 14.9. The number of benzene rings is 1. The van der Waals surface area contributed by atoms with Crippen LogP contribution in [0.2, 0.25) is 0 Å². The van der Waals surface area contributed by atoms with E-state index in [2.05, 4.69) is 34.7 Å². The molecular weight excluding hydrogens is 290 g/mol. The second-order valence-corrected chi connectivity index (χ2v) is 5.48. The standard InChI is InChI=1S/C18H31N3O2/c1-5-19-18(20-12-7-13-22-6-2)21-14-16-8-10-17(11-9-16)23-15(3)4/h8-11,15H,5-7,12-14H2,1-4H3,(H2,19,20,21). The zero-order chi connectivity index (χ0) is 16.9. The first kappa shape index (κ1) is 19.3. The largest absolute Gasteiger partial charge is 0.491 e. The number of rotatable bonds is 10. The van der Waals surface area contributed by atoms with Gasteiger partial charge < -0.3 is 20.1 Å². The van der Waals surface area contributed by atoms with Crippen LogP contribution in [0.4, 0.5) is 0 Å². The maximum Gasteiger partial charge on any atom is 0.191 e. The molecule has 0 spiro atoms.